The average Bonchev–Trinajstić information content (AvgIpc) is 3.02. The second kappa shape index (κ2) is 7.33. The molecular weight excluding hydrogens is 338 g/mol. The number of amides is 2. The number of hydrogen-bond acceptors (Lipinski definition) is 3. The Labute approximate surface area is 150 Å². The van der Waals surface area contributed by atoms with Gasteiger partial charge in [-0.15, -0.1) is 0 Å². The molecule has 1 aliphatic heterocycles. The third kappa shape index (κ3) is 4.33. The summed E-state index contributed by atoms with van der Waals surface area (Å²) in [5.74, 6) is 0. The summed E-state index contributed by atoms with van der Waals surface area (Å²) < 4.78 is 25.0. The molecule has 1 fully saturated rings. The van der Waals surface area contributed by atoms with Crippen molar-refractivity contribution in [1.29, 1.82) is 0 Å². The van der Waals surface area contributed by atoms with Gasteiger partial charge in [-0.3, -0.25) is 0 Å². The second-order valence-electron chi connectivity index (χ2n) is 7.17. The summed E-state index contributed by atoms with van der Waals surface area (Å²) in [7, 11) is -3.21. The molecule has 7 heteroatoms. The summed E-state index contributed by atoms with van der Waals surface area (Å²) in [6.45, 7) is 2.96. The molecule has 2 aliphatic rings. The van der Waals surface area contributed by atoms with Crippen LogP contribution in [0.15, 0.2) is 18.2 Å². The van der Waals surface area contributed by atoms with Gasteiger partial charge < -0.3 is 10.6 Å². The Morgan fingerprint density at radius 3 is 2.84 bits per heavy atom. The van der Waals surface area contributed by atoms with Gasteiger partial charge in [0.05, 0.1) is 12.3 Å². The third-order valence-electron chi connectivity index (χ3n) is 5.17. The van der Waals surface area contributed by atoms with Gasteiger partial charge in [0.1, 0.15) is 0 Å². The fourth-order valence-electron chi connectivity index (χ4n) is 3.94. The van der Waals surface area contributed by atoms with E-state index in [0.29, 0.717) is 13.1 Å². The number of nitrogens with zero attached hydrogens (tertiary/aromatic N) is 1. The molecule has 1 saturated heterocycles. The van der Waals surface area contributed by atoms with Gasteiger partial charge in [0.15, 0.2) is 0 Å². The van der Waals surface area contributed by atoms with E-state index in [4.69, 9.17) is 0 Å². The molecule has 0 radical (unpaired) electrons. The molecule has 1 aromatic rings. The number of sulfonamides is 1. The highest BCUT2D eigenvalue weighted by Gasteiger charge is 2.31. The molecule has 25 heavy (non-hydrogen) atoms. The van der Waals surface area contributed by atoms with Crippen LogP contribution < -0.4 is 10.6 Å². The van der Waals surface area contributed by atoms with Crippen LogP contribution in [0.25, 0.3) is 0 Å². The summed E-state index contributed by atoms with van der Waals surface area (Å²) in [4.78, 5) is 12.3. The first-order valence-electron chi connectivity index (χ1n) is 8.95. The Kier molecular flexibility index (Phi) is 5.34. The van der Waals surface area contributed by atoms with Crippen molar-refractivity contribution in [3.8, 4) is 0 Å². The predicted molar refractivity (Wildman–Crippen MR) is 98.0 cm³/mol. The minimum absolute atomic E-state index is 0.0261. The zero-order chi connectivity index (χ0) is 18.0. The molecule has 2 atom stereocenters. The quantitative estimate of drug-likeness (QED) is 0.858. The summed E-state index contributed by atoms with van der Waals surface area (Å²) in [5.41, 5.74) is 3.71. The maximum Gasteiger partial charge on any atom is 0.315 e. The van der Waals surface area contributed by atoms with Crippen LogP contribution in [0.2, 0.25) is 0 Å². The first-order valence-corrected chi connectivity index (χ1v) is 10.8. The van der Waals surface area contributed by atoms with Crippen LogP contribution in [0.3, 0.4) is 0 Å². The summed E-state index contributed by atoms with van der Waals surface area (Å²) in [5, 5.41) is 5.93. The Bertz CT molecular complexity index is 748. The molecule has 0 spiro atoms. The summed E-state index contributed by atoms with van der Waals surface area (Å²) in [6, 6.07) is 6.08. The van der Waals surface area contributed by atoms with Crippen molar-refractivity contribution in [3.05, 3.63) is 34.9 Å². The maximum atomic E-state index is 12.3. The van der Waals surface area contributed by atoms with Crippen molar-refractivity contribution in [2.24, 2.45) is 0 Å². The lowest BCUT2D eigenvalue weighted by molar-refractivity contribution is 0.232. The zero-order valence-electron chi connectivity index (χ0n) is 14.9. The van der Waals surface area contributed by atoms with Crippen LogP contribution in [0, 0.1) is 6.92 Å². The van der Waals surface area contributed by atoms with Crippen LogP contribution in [-0.2, 0) is 16.4 Å². The lowest BCUT2D eigenvalue weighted by Gasteiger charge is -2.28. The van der Waals surface area contributed by atoms with Gasteiger partial charge >= 0.3 is 6.03 Å². The molecule has 0 unspecified atom stereocenters. The smallest absolute Gasteiger partial charge is 0.315 e. The summed E-state index contributed by atoms with van der Waals surface area (Å²) in [6.07, 6.45) is 5.91. The van der Waals surface area contributed by atoms with Gasteiger partial charge in [-0.2, -0.15) is 4.31 Å². The SMILES string of the molecule is Cc1ccc2c(c1)[C@@H](NC(=O)NC[C@H]1CCCN1S(C)(=O)=O)CCC2. The highest BCUT2D eigenvalue weighted by atomic mass is 32.2. The van der Waals surface area contributed by atoms with Gasteiger partial charge in [0, 0.05) is 19.1 Å². The van der Waals surface area contributed by atoms with E-state index in [9.17, 15) is 13.2 Å². The van der Waals surface area contributed by atoms with Crippen LogP contribution in [0.4, 0.5) is 4.79 Å². The summed E-state index contributed by atoms with van der Waals surface area (Å²) >= 11 is 0. The number of aryl methyl sites for hydroxylation is 2. The molecule has 2 N–H and O–H groups in total. The van der Waals surface area contributed by atoms with Crippen molar-refractivity contribution in [2.45, 2.75) is 51.1 Å². The fourth-order valence-corrected chi connectivity index (χ4v) is 5.12. The Morgan fingerprint density at radius 1 is 1.28 bits per heavy atom. The Hall–Kier alpha value is -1.60. The normalized spacial score (nSPS) is 23.9. The van der Waals surface area contributed by atoms with Gasteiger partial charge in [-0.25, -0.2) is 13.2 Å². The molecule has 0 bridgehead atoms. The van der Waals surface area contributed by atoms with Crippen molar-refractivity contribution in [3.63, 3.8) is 0 Å². The van der Waals surface area contributed by atoms with Crippen molar-refractivity contribution in [2.75, 3.05) is 19.3 Å². The number of benzene rings is 1. The van der Waals surface area contributed by atoms with Gasteiger partial charge in [-0.05, 0) is 50.2 Å². The minimum atomic E-state index is -3.21. The molecule has 2 amide bonds. The topological polar surface area (TPSA) is 78.5 Å². The molecule has 0 aromatic heterocycles. The van der Waals surface area contributed by atoms with E-state index >= 15 is 0 Å². The molecule has 6 nitrogen and oxygen atoms in total. The standard InChI is InChI=1S/C18H27N3O3S/c1-13-8-9-14-5-3-7-17(16(14)11-13)20-18(22)19-12-15-6-4-10-21(15)25(2,23)24/h8-9,11,15,17H,3-7,10,12H2,1-2H3,(H2,19,20,22)/t15-,17+/m1/s1. The molecule has 3 rings (SSSR count). The highest BCUT2D eigenvalue weighted by Crippen LogP contribution is 2.30. The highest BCUT2D eigenvalue weighted by molar-refractivity contribution is 7.88. The van der Waals surface area contributed by atoms with E-state index in [1.165, 1.54) is 27.3 Å². The minimum Gasteiger partial charge on any atom is -0.337 e. The van der Waals surface area contributed by atoms with Gasteiger partial charge in [-0.1, -0.05) is 23.8 Å². The molecule has 1 aliphatic carbocycles. The van der Waals surface area contributed by atoms with Crippen LogP contribution >= 0.6 is 0 Å². The van der Waals surface area contributed by atoms with Crippen molar-refractivity contribution < 1.29 is 13.2 Å². The Balaban J connectivity index is 1.58. The lowest BCUT2D eigenvalue weighted by Crippen LogP contribution is -2.46. The second-order valence-corrected chi connectivity index (χ2v) is 9.11. The van der Waals surface area contributed by atoms with Crippen LogP contribution in [0.1, 0.15) is 48.4 Å². The number of carbonyl (C=O) groups excluding carboxylic acids is 1. The van der Waals surface area contributed by atoms with E-state index in [0.717, 1.165) is 32.1 Å². The van der Waals surface area contributed by atoms with E-state index < -0.39 is 10.0 Å². The maximum absolute atomic E-state index is 12.3. The number of fused-ring (bicyclic) bond motifs is 1. The zero-order valence-corrected chi connectivity index (χ0v) is 15.7. The number of nitrogens with one attached hydrogen (secondary N) is 2. The average molecular weight is 365 g/mol. The first-order chi connectivity index (χ1) is 11.8. The number of rotatable bonds is 4. The van der Waals surface area contributed by atoms with Crippen LogP contribution in [-0.4, -0.2) is 44.1 Å². The first kappa shape index (κ1) is 18.2. The largest absolute Gasteiger partial charge is 0.337 e. The van der Waals surface area contributed by atoms with E-state index in [2.05, 4.69) is 35.8 Å². The van der Waals surface area contributed by atoms with Crippen LogP contribution in [0.5, 0.6) is 0 Å². The molecular formula is C18H27N3O3S. The van der Waals surface area contributed by atoms with Crippen molar-refractivity contribution in [1.82, 2.24) is 14.9 Å². The molecule has 1 aromatic carbocycles. The van der Waals surface area contributed by atoms with Gasteiger partial charge in [0.25, 0.3) is 0 Å². The third-order valence-corrected chi connectivity index (χ3v) is 6.50. The van der Waals surface area contributed by atoms with Gasteiger partial charge in [0.2, 0.25) is 10.0 Å². The van der Waals surface area contributed by atoms with E-state index in [1.807, 2.05) is 0 Å². The number of hydrogen-bond donors (Lipinski definition) is 2. The Morgan fingerprint density at radius 2 is 2.08 bits per heavy atom. The molecule has 0 saturated carbocycles. The van der Waals surface area contributed by atoms with Crippen molar-refractivity contribution >= 4 is 16.1 Å². The molecule has 138 valence electrons. The lowest BCUT2D eigenvalue weighted by atomic mass is 9.87. The molecule has 1 heterocycles. The van der Waals surface area contributed by atoms with E-state index in [-0.39, 0.29) is 18.1 Å². The van der Waals surface area contributed by atoms with E-state index in [1.54, 1.807) is 0 Å². The number of carbonyl (C=O) groups is 1. The fraction of sp³-hybridized carbons (Fsp3) is 0.611. The number of urea groups is 1. The monoisotopic (exact) mass is 365 g/mol. The predicted octanol–water partition coefficient (Wildman–Crippen LogP) is 2.10.